The molecule has 0 fully saturated rings. The average molecular weight is 318 g/mol. The normalized spacial score (nSPS) is 12.7. The van der Waals surface area contributed by atoms with E-state index in [0.717, 1.165) is 22.0 Å². The Morgan fingerprint density at radius 2 is 2.11 bits per heavy atom. The van der Waals surface area contributed by atoms with Crippen molar-refractivity contribution in [1.29, 1.82) is 0 Å². The molecule has 0 saturated carbocycles. The van der Waals surface area contributed by atoms with E-state index in [1.54, 1.807) is 17.4 Å². The Kier molecular flexibility index (Phi) is 4.85. The van der Waals surface area contributed by atoms with Gasteiger partial charge in [-0.15, -0.1) is 11.3 Å². The number of benzene rings is 1. The number of nitrogens with one attached hydrogen (secondary N) is 1. The van der Waals surface area contributed by atoms with Crippen LogP contribution in [-0.4, -0.2) is 6.54 Å². The SMILES string of the molecule is CCNC(c1cc(F)ccc1Cl)c1scc(C)c1Cl. The summed E-state index contributed by atoms with van der Waals surface area (Å²) >= 11 is 14.1. The molecule has 0 aliphatic heterocycles. The van der Waals surface area contributed by atoms with Crippen molar-refractivity contribution in [3.63, 3.8) is 0 Å². The molecule has 1 nitrogen and oxygen atoms in total. The highest BCUT2D eigenvalue weighted by molar-refractivity contribution is 7.10. The van der Waals surface area contributed by atoms with Gasteiger partial charge in [0.1, 0.15) is 5.82 Å². The van der Waals surface area contributed by atoms with Crippen molar-refractivity contribution < 1.29 is 4.39 Å². The molecule has 1 unspecified atom stereocenters. The van der Waals surface area contributed by atoms with Crippen LogP contribution in [0, 0.1) is 12.7 Å². The average Bonchev–Trinajstić information content (AvgIpc) is 2.71. The quantitative estimate of drug-likeness (QED) is 0.817. The molecule has 0 saturated heterocycles. The molecular formula is C14H14Cl2FNS. The third kappa shape index (κ3) is 3.11. The van der Waals surface area contributed by atoms with Crippen molar-refractivity contribution in [1.82, 2.24) is 5.32 Å². The number of thiophene rings is 1. The van der Waals surface area contributed by atoms with E-state index in [2.05, 4.69) is 5.32 Å². The molecule has 1 heterocycles. The van der Waals surface area contributed by atoms with Crippen LogP contribution in [0.15, 0.2) is 23.6 Å². The molecule has 19 heavy (non-hydrogen) atoms. The molecule has 1 N–H and O–H groups in total. The Morgan fingerprint density at radius 1 is 1.37 bits per heavy atom. The smallest absolute Gasteiger partial charge is 0.123 e. The molecule has 1 aromatic heterocycles. The summed E-state index contributed by atoms with van der Waals surface area (Å²) in [5.41, 5.74) is 1.74. The van der Waals surface area contributed by atoms with E-state index in [0.29, 0.717) is 10.6 Å². The molecule has 1 aromatic carbocycles. The molecular weight excluding hydrogens is 304 g/mol. The van der Waals surface area contributed by atoms with E-state index in [-0.39, 0.29) is 11.9 Å². The molecule has 5 heteroatoms. The third-order valence-corrected chi connectivity index (χ3v) is 4.99. The summed E-state index contributed by atoms with van der Waals surface area (Å²) in [6, 6.07) is 4.21. The summed E-state index contributed by atoms with van der Waals surface area (Å²) < 4.78 is 13.5. The minimum atomic E-state index is -0.299. The zero-order valence-electron chi connectivity index (χ0n) is 10.6. The van der Waals surface area contributed by atoms with E-state index in [9.17, 15) is 4.39 Å². The van der Waals surface area contributed by atoms with Crippen molar-refractivity contribution in [2.24, 2.45) is 0 Å². The van der Waals surface area contributed by atoms with Gasteiger partial charge in [0.2, 0.25) is 0 Å². The molecule has 0 bridgehead atoms. The van der Waals surface area contributed by atoms with Gasteiger partial charge in [-0.25, -0.2) is 4.39 Å². The van der Waals surface area contributed by atoms with Crippen LogP contribution in [-0.2, 0) is 0 Å². The van der Waals surface area contributed by atoms with Crippen molar-refractivity contribution in [3.05, 3.63) is 55.4 Å². The van der Waals surface area contributed by atoms with E-state index in [4.69, 9.17) is 23.2 Å². The standard InChI is InChI=1S/C14H14Cl2FNS/c1-3-18-13(14-12(16)8(2)7-19-14)10-6-9(17)4-5-11(10)15/h4-7,13,18H,3H2,1-2H3. The predicted octanol–water partition coefficient (Wildman–Crippen LogP) is 5.20. The largest absolute Gasteiger partial charge is 0.306 e. The van der Waals surface area contributed by atoms with Gasteiger partial charge in [0, 0.05) is 9.90 Å². The summed E-state index contributed by atoms with van der Waals surface area (Å²) in [6.07, 6.45) is 0. The van der Waals surface area contributed by atoms with Gasteiger partial charge in [0.05, 0.1) is 11.1 Å². The minimum absolute atomic E-state index is 0.181. The Hall–Kier alpha value is -0.610. The summed E-state index contributed by atoms with van der Waals surface area (Å²) in [6.45, 7) is 4.69. The summed E-state index contributed by atoms with van der Waals surface area (Å²) in [7, 11) is 0. The van der Waals surface area contributed by atoms with Gasteiger partial charge in [-0.1, -0.05) is 30.1 Å². The van der Waals surface area contributed by atoms with E-state index >= 15 is 0 Å². The molecule has 0 spiro atoms. The first-order valence-corrected chi connectivity index (χ1v) is 7.60. The highest BCUT2D eigenvalue weighted by Crippen LogP contribution is 2.38. The van der Waals surface area contributed by atoms with Crippen LogP contribution in [0.3, 0.4) is 0 Å². The number of hydrogen-bond donors (Lipinski definition) is 1. The maximum absolute atomic E-state index is 13.5. The monoisotopic (exact) mass is 317 g/mol. The zero-order chi connectivity index (χ0) is 14.0. The topological polar surface area (TPSA) is 12.0 Å². The van der Waals surface area contributed by atoms with Gasteiger partial charge in [-0.3, -0.25) is 0 Å². The van der Waals surface area contributed by atoms with Gasteiger partial charge >= 0.3 is 0 Å². The fraction of sp³-hybridized carbons (Fsp3) is 0.286. The molecule has 0 aliphatic rings. The Balaban J connectivity index is 2.51. The van der Waals surface area contributed by atoms with Crippen LogP contribution in [0.5, 0.6) is 0 Å². The first-order valence-electron chi connectivity index (χ1n) is 5.96. The van der Waals surface area contributed by atoms with E-state index in [1.807, 2.05) is 19.2 Å². The van der Waals surface area contributed by atoms with Crippen LogP contribution < -0.4 is 5.32 Å². The number of aryl methyl sites for hydroxylation is 1. The lowest BCUT2D eigenvalue weighted by Gasteiger charge is -2.19. The molecule has 102 valence electrons. The van der Waals surface area contributed by atoms with Gasteiger partial charge in [0.15, 0.2) is 0 Å². The Labute approximate surface area is 126 Å². The fourth-order valence-electron chi connectivity index (χ4n) is 1.93. The fourth-order valence-corrected chi connectivity index (χ4v) is 3.55. The van der Waals surface area contributed by atoms with Gasteiger partial charge in [-0.05, 0) is 48.2 Å². The van der Waals surface area contributed by atoms with E-state index < -0.39 is 0 Å². The van der Waals surface area contributed by atoms with Crippen LogP contribution in [0.25, 0.3) is 0 Å². The van der Waals surface area contributed by atoms with Crippen molar-refractivity contribution in [2.45, 2.75) is 19.9 Å². The van der Waals surface area contributed by atoms with Crippen LogP contribution in [0.1, 0.15) is 29.0 Å². The van der Waals surface area contributed by atoms with Gasteiger partial charge < -0.3 is 5.32 Å². The highest BCUT2D eigenvalue weighted by atomic mass is 35.5. The summed E-state index contributed by atoms with van der Waals surface area (Å²) in [5.74, 6) is -0.299. The van der Waals surface area contributed by atoms with Crippen LogP contribution in [0.4, 0.5) is 4.39 Å². The lowest BCUT2D eigenvalue weighted by atomic mass is 10.0. The van der Waals surface area contributed by atoms with Gasteiger partial charge in [0.25, 0.3) is 0 Å². The molecule has 1 atom stereocenters. The molecule has 0 aliphatic carbocycles. The molecule has 2 rings (SSSR count). The summed E-state index contributed by atoms with van der Waals surface area (Å²) in [5, 5.41) is 6.56. The van der Waals surface area contributed by atoms with Crippen molar-refractivity contribution >= 4 is 34.5 Å². The minimum Gasteiger partial charge on any atom is -0.306 e. The molecule has 2 aromatic rings. The van der Waals surface area contributed by atoms with Crippen LogP contribution >= 0.6 is 34.5 Å². The lowest BCUT2D eigenvalue weighted by Crippen LogP contribution is -2.22. The van der Waals surface area contributed by atoms with Crippen molar-refractivity contribution in [2.75, 3.05) is 6.54 Å². The first-order chi connectivity index (χ1) is 9.04. The van der Waals surface area contributed by atoms with Crippen LogP contribution in [0.2, 0.25) is 10.0 Å². The Morgan fingerprint density at radius 3 is 2.68 bits per heavy atom. The first kappa shape index (κ1) is 14.8. The number of halogens is 3. The maximum atomic E-state index is 13.5. The second-order valence-corrected chi connectivity index (χ2v) is 5.95. The third-order valence-electron chi connectivity index (χ3n) is 2.86. The van der Waals surface area contributed by atoms with Gasteiger partial charge in [-0.2, -0.15) is 0 Å². The molecule has 0 amide bonds. The highest BCUT2D eigenvalue weighted by Gasteiger charge is 2.21. The molecule has 0 radical (unpaired) electrons. The van der Waals surface area contributed by atoms with E-state index in [1.165, 1.54) is 12.1 Å². The second kappa shape index (κ2) is 6.23. The lowest BCUT2D eigenvalue weighted by molar-refractivity contribution is 0.607. The number of rotatable bonds is 4. The Bertz CT molecular complexity index is 583. The second-order valence-electron chi connectivity index (χ2n) is 4.25. The predicted molar refractivity (Wildman–Crippen MR) is 81.0 cm³/mol. The van der Waals surface area contributed by atoms with Crippen molar-refractivity contribution in [3.8, 4) is 0 Å². The maximum Gasteiger partial charge on any atom is 0.123 e. The summed E-state index contributed by atoms with van der Waals surface area (Å²) in [4.78, 5) is 0.966. The zero-order valence-corrected chi connectivity index (χ0v) is 13.0. The number of hydrogen-bond acceptors (Lipinski definition) is 2.